The summed E-state index contributed by atoms with van der Waals surface area (Å²) < 4.78 is 12.9. The fourth-order valence-corrected chi connectivity index (χ4v) is 3.47. The summed E-state index contributed by atoms with van der Waals surface area (Å²) in [5.74, 6) is 1.39. The second kappa shape index (κ2) is 9.20. The zero-order valence-electron chi connectivity index (χ0n) is 16.4. The Balaban J connectivity index is 2.05. The quantitative estimate of drug-likeness (QED) is 0.399. The van der Waals surface area contributed by atoms with Crippen molar-refractivity contribution in [1.82, 2.24) is 4.57 Å². The van der Waals surface area contributed by atoms with Crippen molar-refractivity contribution in [2.75, 3.05) is 13.2 Å². The average molecular weight is 418 g/mol. The van der Waals surface area contributed by atoms with Crippen LogP contribution in [0.2, 0.25) is 5.02 Å². The second-order valence-electron chi connectivity index (χ2n) is 7.23. The van der Waals surface area contributed by atoms with Crippen LogP contribution in [0.4, 0.5) is 4.79 Å². The van der Waals surface area contributed by atoms with Crippen LogP contribution >= 0.6 is 11.6 Å². The van der Waals surface area contributed by atoms with Crippen LogP contribution in [-0.2, 0) is 13.0 Å². The highest BCUT2D eigenvalue weighted by atomic mass is 35.5. The maximum Gasteiger partial charge on any atom is 0.511 e. The van der Waals surface area contributed by atoms with E-state index in [4.69, 9.17) is 26.2 Å². The molecule has 1 aromatic heterocycles. The van der Waals surface area contributed by atoms with E-state index in [1.807, 2.05) is 29.0 Å². The van der Waals surface area contributed by atoms with Gasteiger partial charge >= 0.3 is 6.16 Å². The van der Waals surface area contributed by atoms with Crippen molar-refractivity contribution in [2.24, 2.45) is 5.92 Å². The number of hydrogen-bond acceptors (Lipinski definition) is 4. The van der Waals surface area contributed by atoms with Gasteiger partial charge in [0.1, 0.15) is 11.5 Å². The molecule has 0 aliphatic heterocycles. The predicted molar refractivity (Wildman–Crippen MR) is 112 cm³/mol. The first-order chi connectivity index (χ1) is 13.9. The monoisotopic (exact) mass is 417 g/mol. The molecule has 0 atom stereocenters. The Hall–Kier alpha value is -2.70. The predicted octanol–water partition coefficient (Wildman–Crippen LogP) is 4.97. The summed E-state index contributed by atoms with van der Waals surface area (Å²) in [5.41, 5.74) is 2.53. The van der Waals surface area contributed by atoms with E-state index in [0.717, 1.165) is 22.4 Å². The Labute approximate surface area is 174 Å². The highest BCUT2D eigenvalue weighted by Crippen LogP contribution is 2.33. The van der Waals surface area contributed by atoms with Crippen molar-refractivity contribution >= 4 is 28.7 Å². The van der Waals surface area contributed by atoms with Gasteiger partial charge < -0.3 is 24.3 Å². The van der Waals surface area contributed by atoms with Gasteiger partial charge in [-0.25, -0.2) is 4.79 Å². The molecule has 29 heavy (non-hydrogen) atoms. The fourth-order valence-electron chi connectivity index (χ4n) is 3.28. The van der Waals surface area contributed by atoms with Crippen LogP contribution in [0.5, 0.6) is 11.5 Å². The summed E-state index contributed by atoms with van der Waals surface area (Å²) in [6.45, 7) is 5.18. The minimum atomic E-state index is -1.38. The largest absolute Gasteiger partial charge is 0.511 e. The topological polar surface area (TPSA) is 80.9 Å². The Kier molecular flexibility index (Phi) is 6.67. The molecule has 0 saturated carbocycles. The highest BCUT2D eigenvalue weighted by Gasteiger charge is 2.16. The van der Waals surface area contributed by atoms with Gasteiger partial charge in [0.15, 0.2) is 0 Å². The summed E-state index contributed by atoms with van der Waals surface area (Å²) in [5, 5.41) is 19.8. The van der Waals surface area contributed by atoms with Crippen LogP contribution in [-0.4, -0.2) is 34.1 Å². The molecule has 3 aromatic rings. The number of carbonyl (C=O) groups is 1. The molecule has 3 rings (SSSR count). The number of halogens is 1. The first-order valence-electron chi connectivity index (χ1n) is 9.42. The van der Waals surface area contributed by atoms with E-state index in [1.54, 1.807) is 18.2 Å². The van der Waals surface area contributed by atoms with Crippen molar-refractivity contribution in [3.8, 4) is 11.5 Å². The first kappa shape index (κ1) is 21.0. The molecule has 154 valence electrons. The number of hydrogen-bond donors (Lipinski definition) is 2. The Bertz CT molecular complexity index is 1010. The van der Waals surface area contributed by atoms with Gasteiger partial charge in [0.25, 0.3) is 0 Å². The van der Waals surface area contributed by atoms with Crippen LogP contribution in [0, 0.1) is 5.92 Å². The third kappa shape index (κ3) is 5.02. The molecular weight excluding hydrogens is 394 g/mol. The summed E-state index contributed by atoms with van der Waals surface area (Å²) >= 11 is 6.22. The van der Waals surface area contributed by atoms with Gasteiger partial charge in [-0.2, -0.15) is 0 Å². The molecule has 7 heteroatoms. The van der Waals surface area contributed by atoms with Crippen LogP contribution in [0.1, 0.15) is 25.0 Å². The van der Waals surface area contributed by atoms with E-state index in [1.165, 1.54) is 0 Å². The van der Waals surface area contributed by atoms with Gasteiger partial charge in [0, 0.05) is 28.8 Å². The minimum Gasteiger partial charge on any atom is -0.493 e. The number of nitrogens with zero attached hydrogens (tertiary/aromatic N) is 1. The SMILES string of the molecule is CC(C)COc1ccc(Cl)cc1Cn1cc(CCO)c2c(OC(=O)O)cccc21. The van der Waals surface area contributed by atoms with Gasteiger partial charge in [-0.3, -0.25) is 0 Å². The molecule has 0 aliphatic carbocycles. The molecule has 0 bridgehead atoms. The molecule has 0 fully saturated rings. The molecule has 0 unspecified atom stereocenters. The van der Waals surface area contributed by atoms with E-state index >= 15 is 0 Å². The Morgan fingerprint density at radius 3 is 2.66 bits per heavy atom. The van der Waals surface area contributed by atoms with E-state index in [2.05, 4.69) is 13.8 Å². The molecule has 0 amide bonds. The van der Waals surface area contributed by atoms with Crippen LogP contribution < -0.4 is 9.47 Å². The van der Waals surface area contributed by atoms with E-state index in [-0.39, 0.29) is 12.4 Å². The third-order valence-corrected chi connectivity index (χ3v) is 4.70. The number of carboxylic acid groups (broad SMARTS) is 1. The summed E-state index contributed by atoms with van der Waals surface area (Å²) in [4.78, 5) is 11.1. The van der Waals surface area contributed by atoms with Gasteiger partial charge in [-0.15, -0.1) is 0 Å². The number of benzene rings is 2. The minimum absolute atomic E-state index is 0.0551. The molecule has 2 aromatic carbocycles. The van der Waals surface area contributed by atoms with Crippen molar-refractivity contribution in [3.05, 3.63) is 58.7 Å². The standard InChI is InChI=1S/C22H24ClNO5/c1-14(2)13-28-19-7-6-17(23)10-16(19)12-24-11-15(8-9-25)21-18(24)4-3-5-20(21)29-22(26)27/h3-7,10-11,14,25H,8-9,12-13H2,1-2H3,(H,26,27). The third-order valence-electron chi connectivity index (χ3n) is 4.46. The van der Waals surface area contributed by atoms with Crippen molar-refractivity contribution < 1.29 is 24.5 Å². The van der Waals surface area contributed by atoms with Gasteiger partial charge in [-0.05, 0) is 48.2 Å². The summed E-state index contributed by atoms with van der Waals surface area (Å²) in [6, 6.07) is 10.8. The van der Waals surface area contributed by atoms with Gasteiger partial charge in [0.2, 0.25) is 0 Å². The zero-order chi connectivity index (χ0) is 21.0. The molecule has 0 spiro atoms. The fraction of sp³-hybridized carbons (Fsp3) is 0.318. The highest BCUT2D eigenvalue weighted by molar-refractivity contribution is 6.30. The van der Waals surface area contributed by atoms with E-state index in [9.17, 15) is 9.90 Å². The number of rotatable bonds is 8. The van der Waals surface area contributed by atoms with Gasteiger partial charge in [-0.1, -0.05) is 31.5 Å². The number of aliphatic hydroxyl groups excluding tert-OH is 1. The number of aliphatic hydroxyl groups is 1. The van der Waals surface area contributed by atoms with Crippen molar-refractivity contribution in [3.63, 3.8) is 0 Å². The number of ether oxygens (including phenoxy) is 2. The lowest BCUT2D eigenvalue weighted by atomic mass is 10.1. The summed E-state index contributed by atoms with van der Waals surface area (Å²) in [6.07, 6.45) is 0.915. The molecule has 0 radical (unpaired) electrons. The number of aromatic nitrogens is 1. The lowest BCUT2D eigenvalue weighted by Crippen LogP contribution is -2.08. The van der Waals surface area contributed by atoms with Crippen molar-refractivity contribution in [1.29, 1.82) is 0 Å². The van der Waals surface area contributed by atoms with Crippen LogP contribution in [0.3, 0.4) is 0 Å². The molecule has 1 heterocycles. The Morgan fingerprint density at radius 2 is 1.97 bits per heavy atom. The van der Waals surface area contributed by atoms with Gasteiger partial charge in [0.05, 0.1) is 18.7 Å². The molecular formula is C22H24ClNO5. The number of fused-ring (bicyclic) bond motifs is 1. The molecule has 0 saturated heterocycles. The Morgan fingerprint density at radius 1 is 1.17 bits per heavy atom. The molecule has 2 N–H and O–H groups in total. The smallest absolute Gasteiger partial charge is 0.493 e. The van der Waals surface area contributed by atoms with Crippen LogP contribution in [0.15, 0.2) is 42.6 Å². The maximum atomic E-state index is 11.1. The zero-order valence-corrected chi connectivity index (χ0v) is 17.1. The molecule has 0 aliphatic rings. The first-order valence-corrected chi connectivity index (χ1v) is 9.80. The van der Waals surface area contributed by atoms with E-state index < -0.39 is 6.16 Å². The lowest BCUT2D eigenvalue weighted by molar-refractivity contribution is 0.145. The lowest BCUT2D eigenvalue weighted by Gasteiger charge is -2.15. The summed E-state index contributed by atoms with van der Waals surface area (Å²) in [7, 11) is 0. The average Bonchev–Trinajstić information content (AvgIpc) is 2.99. The molecule has 6 nitrogen and oxygen atoms in total. The van der Waals surface area contributed by atoms with Crippen LogP contribution in [0.25, 0.3) is 10.9 Å². The normalized spacial score (nSPS) is 11.2. The van der Waals surface area contributed by atoms with Crippen molar-refractivity contribution in [2.45, 2.75) is 26.8 Å². The second-order valence-corrected chi connectivity index (χ2v) is 7.67. The maximum absolute atomic E-state index is 11.1. The van der Waals surface area contributed by atoms with E-state index in [0.29, 0.717) is 35.9 Å².